The Bertz CT molecular complexity index is 634. The molecule has 1 heterocycles. The molecule has 0 aliphatic rings. The van der Waals surface area contributed by atoms with Gasteiger partial charge in [0, 0.05) is 15.1 Å². The molecule has 0 radical (unpaired) electrons. The van der Waals surface area contributed by atoms with Gasteiger partial charge in [-0.3, -0.25) is 0 Å². The van der Waals surface area contributed by atoms with E-state index < -0.39 is 0 Å². The fraction of sp³-hybridized carbons (Fsp3) is 0. The van der Waals surface area contributed by atoms with Crippen LogP contribution in [-0.2, 0) is 0 Å². The summed E-state index contributed by atoms with van der Waals surface area (Å²) in [5, 5.41) is 12.1. The Morgan fingerprint density at radius 3 is 2.67 bits per heavy atom. The topological polar surface area (TPSA) is 74.7 Å². The third kappa shape index (κ3) is 2.81. The van der Waals surface area contributed by atoms with E-state index in [0.717, 1.165) is 8.95 Å². The fourth-order valence-electron chi connectivity index (χ4n) is 1.40. The lowest BCUT2D eigenvalue weighted by Gasteiger charge is -2.10. The van der Waals surface area contributed by atoms with Crippen molar-refractivity contribution in [2.24, 2.45) is 0 Å². The zero-order valence-electron chi connectivity index (χ0n) is 9.11. The predicted molar refractivity (Wildman–Crippen MR) is 78.5 cm³/mol. The molecule has 3 N–H and O–H groups in total. The van der Waals surface area contributed by atoms with Crippen molar-refractivity contribution in [3.63, 3.8) is 0 Å². The maximum atomic E-state index is 9.06. The van der Waals surface area contributed by atoms with Crippen molar-refractivity contribution in [2.45, 2.75) is 0 Å². The minimum atomic E-state index is 0.510. The largest absolute Gasteiger partial charge is 0.396 e. The molecular weight excluding hydrogens is 360 g/mol. The average molecular weight is 368 g/mol. The predicted octanol–water partition coefficient (Wildman–Crippen LogP) is 3.80. The molecule has 0 amide bonds. The number of aromatic nitrogens is 1. The summed E-state index contributed by atoms with van der Waals surface area (Å²) in [6, 6.07) is 9.24. The van der Waals surface area contributed by atoms with E-state index in [4.69, 9.17) is 11.0 Å². The number of anilines is 3. The molecule has 0 fully saturated rings. The second-order valence-electron chi connectivity index (χ2n) is 3.52. The van der Waals surface area contributed by atoms with Crippen molar-refractivity contribution >= 4 is 49.1 Å². The lowest BCUT2D eigenvalue weighted by atomic mass is 10.2. The van der Waals surface area contributed by atoms with Gasteiger partial charge in [0.2, 0.25) is 0 Å². The molecule has 0 unspecified atom stereocenters. The summed E-state index contributed by atoms with van der Waals surface area (Å²) in [5.74, 6) is 0.525. The first-order valence-corrected chi connectivity index (χ1v) is 6.56. The summed E-state index contributed by atoms with van der Waals surface area (Å²) in [4.78, 5) is 4.17. The number of hydrogen-bond donors (Lipinski definition) is 2. The van der Waals surface area contributed by atoms with Crippen molar-refractivity contribution in [3.8, 4) is 6.07 Å². The molecule has 2 aromatic rings. The van der Waals surface area contributed by atoms with Gasteiger partial charge in [0.1, 0.15) is 6.07 Å². The molecule has 2 rings (SSSR count). The van der Waals surface area contributed by atoms with Gasteiger partial charge < -0.3 is 11.1 Å². The van der Waals surface area contributed by atoms with E-state index in [1.165, 1.54) is 0 Å². The molecule has 0 aliphatic heterocycles. The van der Waals surface area contributed by atoms with Crippen molar-refractivity contribution in [1.82, 2.24) is 4.98 Å². The van der Waals surface area contributed by atoms with Crippen LogP contribution in [0.15, 0.2) is 39.4 Å². The number of benzene rings is 1. The van der Waals surface area contributed by atoms with Crippen LogP contribution in [0.25, 0.3) is 0 Å². The number of rotatable bonds is 2. The van der Waals surface area contributed by atoms with E-state index in [0.29, 0.717) is 22.8 Å². The number of hydrogen-bond acceptors (Lipinski definition) is 4. The standard InChI is InChI=1S/C12H8Br2N4/c13-8-1-2-11(7(3-8)5-15)18-12-10(16)4-9(14)6-17-12/h1-4,6H,16H2,(H,17,18). The van der Waals surface area contributed by atoms with Gasteiger partial charge in [0.25, 0.3) is 0 Å². The number of nitrogen functional groups attached to an aromatic ring is 1. The number of nitrogens with two attached hydrogens (primary N) is 1. The molecule has 1 aromatic heterocycles. The highest BCUT2D eigenvalue weighted by molar-refractivity contribution is 9.10. The Morgan fingerprint density at radius 1 is 1.22 bits per heavy atom. The van der Waals surface area contributed by atoms with Gasteiger partial charge >= 0.3 is 0 Å². The maximum absolute atomic E-state index is 9.06. The Hall–Kier alpha value is -1.58. The van der Waals surface area contributed by atoms with Crippen molar-refractivity contribution in [3.05, 3.63) is 45.0 Å². The van der Waals surface area contributed by atoms with Gasteiger partial charge in [0.05, 0.1) is 16.9 Å². The van der Waals surface area contributed by atoms with Gasteiger partial charge in [-0.25, -0.2) is 4.98 Å². The molecule has 0 bridgehead atoms. The first-order valence-electron chi connectivity index (χ1n) is 4.98. The number of nitriles is 1. The number of pyridine rings is 1. The van der Waals surface area contributed by atoms with E-state index in [2.05, 4.69) is 48.2 Å². The van der Waals surface area contributed by atoms with Crippen LogP contribution in [0.4, 0.5) is 17.2 Å². The summed E-state index contributed by atoms with van der Waals surface area (Å²) in [6.07, 6.45) is 1.64. The third-order valence-corrected chi connectivity index (χ3v) is 3.17. The number of halogens is 2. The van der Waals surface area contributed by atoms with Crippen molar-refractivity contribution in [2.75, 3.05) is 11.1 Å². The van der Waals surface area contributed by atoms with Crippen molar-refractivity contribution in [1.29, 1.82) is 5.26 Å². The highest BCUT2D eigenvalue weighted by Crippen LogP contribution is 2.27. The van der Waals surface area contributed by atoms with Crippen LogP contribution < -0.4 is 11.1 Å². The number of nitrogens with one attached hydrogen (secondary N) is 1. The van der Waals surface area contributed by atoms with Gasteiger partial charge in [-0.1, -0.05) is 15.9 Å². The SMILES string of the molecule is N#Cc1cc(Br)ccc1Nc1ncc(Br)cc1N. The summed E-state index contributed by atoms with van der Waals surface area (Å²) in [6.45, 7) is 0. The third-order valence-electron chi connectivity index (χ3n) is 2.24. The first kappa shape index (κ1) is 12.9. The van der Waals surface area contributed by atoms with Crippen LogP contribution in [0.3, 0.4) is 0 Å². The molecule has 0 saturated heterocycles. The summed E-state index contributed by atoms with van der Waals surface area (Å²) < 4.78 is 1.66. The molecule has 6 heteroatoms. The van der Waals surface area contributed by atoms with Crippen LogP contribution in [0.1, 0.15) is 5.56 Å². The minimum Gasteiger partial charge on any atom is -0.396 e. The zero-order chi connectivity index (χ0) is 13.1. The molecule has 0 aliphatic carbocycles. The molecule has 1 aromatic carbocycles. The first-order chi connectivity index (χ1) is 8.60. The average Bonchev–Trinajstić information content (AvgIpc) is 2.34. The lowest BCUT2D eigenvalue weighted by Crippen LogP contribution is -2.00. The fourth-order valence-corrected chi connectivity index (χ4v) is 2.11. The Morgan fingerprint density at radius 2 is 2.00 bits per heavy atom. The highest BCUT2D eigenvalue weighted by atomic mass is 79.9. The van der Waals surface area contributed by atoms with Crippen LogP contribution >= 0.6 is 31.9 Å². The summed E-state index contributed by atoms with van der Waals surface area (Å²) in [7, 11) is 0. The van der Waals surface area contributed by atoms with E-state index in [1.807, 2.05) is 6.07 Å². The second-order valence-corrected chi connectivity index (χ2v) is 5.35. The molecule has 18 heavy (non-hydrogen) atoms. The molecular formula is C12H8Br2N4. The van der Waals surface area contributed by atoms with E-state index in [-0.39, 0.29) is 0 Å². The van der Waals surface area contributed by atoms with Crippen LogP contribution in [0.5, 0.6) is 0 Å². The number of nitrogens with zero attached hydrogens (tertiary/aromatic N) is 2. The smallest absolute Gasteiger partial charge is 0.153 e. The van der Waals surface area contributed by atoms with Gasteiger partial charge in [-0.05, 0) is 40.2 Å². The van der Waals surface area contributed by atoms with Crippen molar-refractivity contribution < 1.29 is 0 Å². The molecule has 0 atom stereocenters. The van der Waals surface area contributed by atoms with E-state index in [1.54, 1.807) is 24.4 Å². The second kappa shape index (κ2) is 5.38. The van der Waals surface area contributed by atoms with E-state index in [9.17, 15) is 0 Å². The zero-order valence-corrected chi connectivity index (χ0v) is 12.3. The molecule has 4 nitrogen and oxygen atoms in total. The van der Waals surface area contributed by atoms with Crippen LogP contribution in [-0.4, -0.2) is 4.98 Å². The quantitative estimate of drug-likeness (QED) is 0.846. The summed E-state index contributed by atoms with van der Waals surface area (Å²) >= 11 is 6.61. The van der Waals surface area contributed by atoms with Gasteiger partial charge in [-0.2, -0.15) is 5.26 Å². The van der Waals surface area contributed by atoms with E-state index >= 15 is 0 Å². The van der Waals surface area contributed by atoms with Gasteiger partial charge in [-0.15, -0.1) is 0 Å². The molecule has 0 spiro atoms. The Balaban J connectivity index is 2.37. The Labute approximate surface area is 121 Å². The lowest BCUT2D eigenvalue weighted by molar-refractivity contribution is 1.29. The maximum Gasteiger partial charge on any atom is 0.153 e. The van der Waals surface area contributed by atoms with Crippen LogP contribution in [0, 0.1) is 11.3 Å². The minimum absolute atomic E-state index is 0.510. The highest BCUT2D eigenvalue weighted by Gasteiger charge is 2.06. The normalized spacial score (nSPS) is 9.83. The van der Waals surface area contributed by atoms with Gasteiger partial charge in [0.15, 0.2) is 5.82 Å². The monoisotopic (exact) mass is 366 g/mol. The Kier molecular flexibility index (Phi) is 3.84. The summed E-state index contributed by atoms with van der Waals surface area (Å²) in [5.41, 5.74) is 7.54. The molecule has 90 valence electrons. The van der Waals surface area contributed by atoms with Crippen LogP contribution in [0.2, 0.25) is 0 Å². The molecule has 0 saturated carbocycles.